The third-order valence-corrected chi connectivity index (χ3v) is 0.667. The van der Waals surface area contributed by atoms with E-state index in [0.717, 1.165) is 0 Å². The first-order valence-corrected chi connectivity index (χ1v) is 4.62. The van der Waals surface area contributed by atoms with E-state index < -0.39 is 21.8 Å². The van der Waals surface area contributed by atoms with Crippen LogP contribution < -0.4 is 0 Å². The number of hydrogen-bond donors (Lipinski definition) is 0. The van der Waals surface area contributed by atoms with Crippen molar-refractivity contribution in [2.45, 2.75) is 0 Å². The Morgan fingerprint density at radius 2 is 0.364 bits per heavy atom. The average molecular weight is 441 g/mol. The minimum atomic E-state index is -6.00. The van der Waals surface area contributed by atoms with Crippen molar-refractivity contribution in [2.75, 3.05) is 0 Å². The van der Waals surface area contributed by atoms with Gasteiger partial charge in [-0.25, -0.2) is 0 Å². The summed E-state index contributed by atoms with van der Waals surface area (Å²) in [6, 6.07) is 12.0. The first-order valence-electron chi connectivity index (χ1n) is 4.62. The summed E-state index contributed by atoms with van der Waals surface area (Å²) in [5, 5.41) is 0. The summed E-state index contributed by atoms with van der Waals surface area (Å²) in [4.78, 5) is 0. The molecule has 1 aromatic rings. The molecule has 0 fully saturated rings. The molecule has 0 aliphatic heterocycles. The summed E-state index contributed by atoms with van der Waals surface area (Å²) in [5.74, 6) is 0. The molecule has 1 rings (SSSR count). The number of halogens is 12. The Hall–Kier alpha value is -0.802. The van der Waals surface area contributed by atoms with Gasteiger partial charge in [-0.05, 0) is 0 Å². The topological polar surface area (TPSA) is 0 Å². The van der Waals surface area contributed by atoms with Gasteiger partial charge in [0.05, 0.1) is 0 Å². The van der Waals surface area contributed by atoms with E-state index in [0.29, 0.717) is 0 Å². The first kappa shape index (κ1) is 29.2. The molecule has 0 nitrogen and oxygen atoms in total. The third kappa shape index (κ3) is 235. The molecule has 1 aromatic carbocycles. The molecule has 0 radical (unpaired) electrons. The van der Waals surface area contributed by atoms with Gasteiger partial charge in [-0.15, -0.1) is 0 Å². The van der Waals surface area contributed by atoms with Crippen LogP contribution in [0.3, 0.4) is 0 Å². The Labute approximate surface area is 130 Å². The fourth-order valence-electron chi connectivity index (χ4n) is 0.385. The van der Waals surface area contributed by atoms with Crippen molar-refractivity contribution >= 4 is 21.8 Å². The summed E-state index contributed by atoms with van der Waals surface area (Å²) in [5.41, 5.74) is 0. The maximum Gasteiger partial charge on any atom is 3.00 e. The molecular formula is C6H6B3F12Rh. The number of hydrogen-bond acceptors (Lipinski definition) is 0. The molecule has 16 heteroatoms. The van der Waals surface area contributed by atoms with Crippen molar-refractivity contribution in [1.29, 1.82) is 0 Å². The van der Waals surface area contributed by atoms with Gasteiger partial charge in [-0.2, -0.15) is 0 Å². The van der Waals surface area contributed by atoms with Gasteiger partial charge in [0.25, 0.3) is 0 Å². The Bertz CT molecular complexity index is 249. The van der Waals surface area contributed by atoms with Crippen LogP contribution in [0, 0.1) is 0 Å². The van der Waals surface area contributed by atoms with Gasteiger partial charge < -0.3 is 51.8 Å². The van der Waals surface area contributed by atoms with Crippen molar-refractivity contribution in [1.82, 2.24) is 0 Å². The van der Waals surface area contributed by atoms with E-state index in [4.69, 9.17) is 0 Å². The molecule has 132 valence electrons. The van der Waals surface area contributed by atoms with Crippen molar-refractivity contribution in [3.63, 3.8) is 0 Å². The fraction of sp³-hybridized carbons (Fsp3) is 0. The zero-order valence-electron chi connectivity index (χ0n) is 10.1. The van der Waals surface area contributed by atoms with E-state index >= 15 is 0 Å². The van der Waals surface area contributed by atoms with Gasteiger partial charge in [-0.3, -0.25) is 0 Å². The van der Waals surface area contributed by atoms with Crippen LogP contribution in [0.4, 0.5) is 51.8 Å². The second-order valence-corrected chi connectivity index (χ2v) is 2.64. The monoisotopic (exact) mass is 442 g/mol. The van der Waals surface area contributed by atoms with Crippen LogP contribution in [0.25, 0.3) is 0 Å². The van der Waals surface area contributed by atoms with Crippen LogP contribution in [0.5, 0.6) is 0 Å². The van der Waals surface area contributed by atoms with Crippen LogP contribution in [0.1, 0.15) is 0 Å². The van der Waals surface area contributed by atoms with Crippen LogP contribution in [0.15, 0.2) is 36.4 Å². The molecule has 0 saturated carbocycles. The van der Waals surface area contributed by atoms with Crippen LogP contribution in [-0.2, 0) is 19.5 Å². The molecule has 0 saturated heterocycles. The Morgan fingerprint density at radius 3 is 0.409 bits per heavy atom. The van der Waals surface area contributed by atoms with Gasteiger partial charge in [0.15, 0.2) is 0 Å². The number of rotatable bonds is 0. The van der Waals surface area contributed by atoms with Crippen LogP contribution in [-0.4, -0.2) is 21.8 Å². The number of benzene rings is 1. The molecule has 0 atom stereocenters. The van der Waals surface area contributed by atoms with Crippen LogP contribution >= 0.6 is 0 Å². The summed E-state index contributed by atoms with van der Waals surface area (Å²) in [6.45, 7) is 0. The Morgan fingerprint density at radius 1 is 0.318 bits per heavy atom. The molecule has 0 spiro atoms. The average Bonchev–Trinajstić information content (AvgIpc) is 2.12. The molecule has 0 N–H and O–H groups in total. The summed E-state index contributed by atoms with van der Waals surface area (Å²) >= 11 is 0. The van der Waals surface area contributed by atoms with Gasteiger partial charge in [0.1, 0.15) is 0 Å². The third-order valence-electron chi connectivity index (χ3n) is 0.667. The quantitative estimate of drug-likeness (QED) is 0.364. The summed E-state index contributed by atoms with van der Waals surface area (Å²) < 4.78 is 117. The molecular weight excluding hydrogens is 435 g/mol. The fourth-order valence-corrected chi connectivity index (χ4v) is 0.385. The molecule has 0 unspecified atom stereocenters. The minimum Gasteiger partial charge on any atom is -0.418 e. The second kappa shape index (κ2) is 13.8. The van der Waals surface area contributed by atoms with Crippen molar-refractivity contribution < 1.29 is 71.3 Å². The van der Waals surface area contributed by atoms with Gasteiger partial charge in [0.2, 0.25) is 0 Å². The van der Waals surface area contributed by atoms with Crippen molar-refractivity contribution in [3.8, 4) is 0 Å². The van der Waals surface area contributed by atoms with Gasteiger partial charge in [-0.1, -0.05) is 36.4 Å². The van der Waals surface area contributed by atoms with Crippen LogP contribution in [0.2, 0.25) is 0 Å². The van der Waals surface area contributed by atoms with Gasteiger partial charge in [0, 0.05) is 0 Å². The van der Waals surface area contributed by atoms with E-state index in [1.165, 1.54) is 0 Å². The Kier molecular flexibility index (Phi) is 18.4. The zero-order chi connectivity index (χ0) is 17.7. The second-order valence-electron chi connectivity index (χ2n) is 2.64. The summed E-state index contributed by atoms with van der Waals surface area (Å²) in [7, 11) is -18.0. The summed E-state index contributed by atoms with van der Waals surface area (Å²) in [6.07, 6.45) is 0. The molecule has 0 bridgehead atoms. The molecule has 0 aliphatic carbocycles. The molecule has 0 aliphatic rings. The van der Waals surface area contributed by atoms with E-state index in [1.807, 2.05) is 36.4 Å². The standard InChI is InChI=1S/C6H6.3BF4.Rh/c1-2-4-6-5-3-1;3*2-1(3,4)5;/h1-6H;;;;/q;3*-1;+3. The largest absolute Gasteiger partial charge is 3.00 e. The van der Waals surface area contributed by atoms with Crippen molar-refractivity contribution in [2.24, 2.45) is 0 Å². The minimum absolute atomic E-state index is 0. The predicted molar refractivity (Wildman–Crippen MR) is 57.0 cm³/mol. The maximum atomic E-state index is 9.75. The SMILES string of the molecule is F[B-](F)(F)F.F[B-](F)(F)F.F[B-](F)(F)F.[Rh+3].c1ccccc1. The molecule has 0 aromatic heterocycles. The van der Waals surface area contributed by atoms with Crippen molar-refractivity contribution in [3.05, 3.63) is 36.4 Å². The molecule has 0 heterocycles. The molecule has 0 amide bonds. The van der Waals surface area contributed by atoms with E-state index in [2.05, 4.69) is 0 Å². The van der Waals surface area contributed by atoms with E-state index in [9.17, 15) is 51.8 Å². The van der Waals surface area contributed by atoms with Gasteiger partial charge >= 0.3 is 41.2 Å². The predicted octanol–water partition coefficient (Wildman–Crippen LogP) is 5.58. The van der Waals surface area contributed by atoms with E-state index in [-0.39, 0.29) is 19.5 Å². The van der Waals surface area contributed by atoms with E-state index in [1.54, 1.807) is 0 Å². The smallest absolute Gasteiger partial charge is 0.418 e. The Balaban J connectivity index is -0.0000000973. The maximum absolute atomic E-state index is 9.75. The first-order chi connectivity index (χ1) is 9.00. The zero-order valence-corrected chi connectivity index (χ0v) is 11.7. The molecule has 22 heavy (non-hydrogen) atoms. The normalized spacial score (nSPS) is 10.4.